The number of nitrogens with one attached hydrogen (secondary N) is 1. The number of fused-ring (bicyclic) bond motifs is 1. The molecule has 7 heteroatoms. The van der Waals surface area contributed by atoms with Crippen molar-refractivity contribution in [2.24, 2.45) is 0 Å². The molecule has 1 amide bonds. The van der Waals surface area contributed by atoms with E-state index in [1.165, 1.54) is 64.6 Å². The van der Waals surface area contributed by atoms with Crippen LogP contribution in [0.5, 0.6) is 0 Å². The number of aromatic nitrogens is 2. The monoisotopic (exact) mass is 464 g/mol. The number of carbonyl (C=O) groups is 1. The summed E-state index contributed by atoms with van der Waals surface area (Å²) in [6.45, 7) is 9.10. The Labute approximate surface area is 203 Å². The first-order valence-corrected chi connectivity index (χ1v) is 13.5. The Morgan fingerprint density at radius 1 is 0.824 bits per heavy atom. The van der Waals surface area contributed by atoms with Gasteiger partial charge in [-0.15, -0.1) is 0 Å². The summed E-state index contributed by atoms with van der Waals surface area (Å²) in [5.74, 6) is 0.950. The van der Waals surface area contributed by atoms with Crippen LogP contribution < -0.4 is 10.2 Å². The lowest BCUT2D eigenvalue weighted by molar-refractivity contribution is 0.0902. The highest BCUT2D eigenvalue weighted by atomic mass is 16.1. The summed E-state index contributed by atoms with van der Waals surface area (Å²) in [6.07, 6.45) is 12.9. The zero-order valence-corrected chi connectivity index (χ0v) is 20.6. The summed E-state index contributed by atoms with van der Waals surface area (Å²) >= 11 is 0. The smallest absolute Gasteiger partial charge is 0.270 e. The molecule has 34 heavy (non-hydrogen) atoms. The van der Waals surface area contributed by atoms with Crippen LogP contribution in [-0.4, -0.2) is 84.1 Å². The Morgan fingerprint density at radius 3 is 2.21 bits per heavy atom. The van der Waals surface area contributed by atoms with Gasteiger partial charge in [-0.1, -0.05) is 19.3 Å². The topological polar surface area (TPSA) is 64.6 Å². The van der Waals surface area contributed by atoms with E-state index in [9.17, 15) is 4.79 Å². The van der Waals surface area contributed by atoms with Crippen molar-refractivity contribution >= 4 is 22.6 Å². The molecule has 0 spiro atoms. The molecule has 3 fully saturated rings. The lowest BCUT2D eigenvalue weighted by Crippen LogP contribution is -2.47. The van der Waals surface area contributed by atoms with Crippen LogP contribution in [0, 0.1) is 0 Å². The SMILES string of the molecule is O=C(NC1CCN(CCN2CCCCC2)CC1)c1nccc2nc(N3CCCCCC3)ccc12. The number of hydrogen-bond donors (Lipinski definition) is 1. The molecular formula is C27H40N6O. The summed E-state index contributed by atoms with van der Waals surface area (Å²) in [7, 11) is 0. The molecule has 0 radical (unpaired) electrons. The van der Waals surface area contributed by atoms with Crippen LogP contribution in [0.4, 0.5) is 5.82 Å². The minimum atomic E-state index is -0.0679. The molecule has 5 rings (SSSR count). The van der Waals surface area contributed by atoms with Crippen molar-refractivity contribution in [3.05, 3.63) is 30.1 Å². The molecule has 184 valence electrons. The highest BCUT2D eigenvalue weighted by molar-refractivity contribution is 6.04. The largest absolute Gasteiger partial charge is 0.357 e. The van der Waals surface area contributed by atoms with Gasteiger partial charge in [0.25, 0.3) is 5.91 Å². The molecule has 3 saturated heterocycles. The Balaban J connectivity index is 1.16. The average Bonchev–Trinajstić information content (AvgIpc) is 3.18. The van der Waals surface area contributed by atoms with E-state index in [0.29, 0.717) is 5.69 Å². The van der Waals surface area contributed by atoms with Crippen molar-refractivity contribution in [3.63, 3.8) is 0 Å². The van der Waals surface area contributed by atoms with Gasteiger partial charge in [0.05, 0.1) is 5.52 Å². The quantitative estimate of drug-likeness (QED) is 0.703. The van der Waals surface area contributed by atoms with Gasteiger partial charge in [0.15, 0.2) is 0 Å². The third kappa shape index (κ3) is 5.87. The number of nitrogens with zero attached hydrogens (tertiary/aromatic N) is 5. The van der Waals surface area contributed by atoms with Crippen LogP contribution in [-0.2, 0) is 0 Å². The van der Waals surface area contributed by atoms with Crippen LogP contribution >= 0.6 is 0 Å². The Morgan fingerprint density at radius 2 is 1.47 bits per heavy atom. The number of piperidine rings is 2. The maximum Gasteiger partial charge on any atom is 0.270 e. The minimum absolute atomic E-state index is 0.0679. The fourth-order valence-corrected chi connectivity index (χ4v) is 5.72. The molecular weight excluding hydrogens is 424 g/mol. The lowest BCUT2D eigenvalue weighted by Gasteiger charge is -2.34. The van der Waals surface area contributed by atoms with Gasteiger partial charge < -0.3 is 20.0 Å². The fraction of sp³-hybridized carbons (Fsp3) is 0.667. The third-order valence-electron chi connectivity index (χ3n) is 7.85. The van der Waals surface area contributed by atoms with Crippen molar-refractivity contribution in [3.8, 4) is 0 Å². The van der Waals surface area contributed by atoms with E-state index in [1.807, 2.05) is 12.1 Å². The van der Waals surface area contributed by atoms with Crippen molar-refractivity contribution in [1.82, 2.24) is 25.1 Å². The number of pyridine rings is 2. The summed E-state index contributed by atoms with van der Waals surface area (Å²) in [5.41, 5.74) is 1.36. The first kappa shape index (κ1) is 23.5. The molecule has 0 saturated carbocycles. The molecule has 1 N–H and O–H groups in total. The molecule has 0 atom stereocenters. The van der Waals surface area contributed by atoms with Gasteiger partial charge in [-0.25, -0.2) is 4.98 Å². The Bertz CT molecular complexity index is 943. The summed E-state index contributed by atoms with van der Waals surface area (Å²) in [6, 6.07) is 6.25. The number of amides is 1. The van der Waals surface area contributed by atoms with E-state index >= 15 is 0 Å². The maximum absolute atomic E-state index is 13.1. The second-order valence-electron chi connectivity index (χ2n) is 10.3. The number of rotatable bonds is 6. The van der Waals surface area contributed by atoms with Gasteiger partial charge in [-0.05, 0) is 69.8 Å². The van der Waals surface area contributed by atoms with Gasteiger partial charge in [0.2, 0.25) is 0 Å². The zero-order chi connectivity index (χ0) is 23.2. The maximum atomic E-state index is 13.1. The second kappa shape index (κ2) is 11.5. The summed E-state index contributed by atoms with van der Waals surface area (Å²) < 4.78 is 0. The average molecular weight is 465 g/mol. The van der Waals surface area contributed by atoms with Crippen LogP contribution in [0.15, 0.2) is 24.4 Å². The zero-order valence-electron chi connectivity index (χ0n) is 20.6. The standard InChI is InChI=1S/C27H40N6O/c34-27(29-22-11-18-32(19-12-22)21-20-31-14-4-3-5-15-31)26-23-8-9-25(30-24(23)10-13-28-26)33-16-6-1-2-7-17-33/h8-10,13,22H,1-7,11-12,14-21H2,(H,29,34). The van der Waals surface area contributed by atoms with Gasteiger partial charge in [0, 0.05) is 56.9 Å². The number of likely N-dealkylation sites (tertiary alicyclic amines) is 2. The summed E-state index contributed by atoms with van der Waals surface area (Å²) in [5, 5.41) is 4.11. The normalized spacial score (nSPS) is 21.5. The van der Waals surface area contributed by atoms with E-state index < -0.39 is 0 Å². The number of anilines is 1. The molecule has 0 aliphatic carbocycles. The number of hydrogen-bond acceptors (Lipinski definition) is 6. The minimum Gasteiger partial charge on any atom is -0.357 e. The van der Waals surface area contributed by atoms with E-state index in [2.05, 4.69) is 31.1 Å². The van der Waals surface area contributed by atoms with E-state index in [1.54, 1.807) is 6.20 Å². The molecule has 3 aliphatic heterocycles. The van der Waals surface area contributed by atoms with Crippen LogP contribution in [0.1, 0.15) is 68.3 Å². The molecule has 7 nitrogen and oxygen atoms in total. The molecule has 0 unspecified atom stereocenters. The summed E-state index contributed by atoms with van der Waals surface area (Å²) in [4.78, 5) is 30.0. The third-order valence-corrected chi connectivity index (χ3v) is 7.85. The van der Waals surface area contributed by atoms with Crippen LogP contribution in [0.2, 0.25) is 0 Å². The van der Waals surface area contributed by atoms with Gasteiger partial charge >= 0.3 is 0 Å². The lowest BCUT2D eigenvalue weighted by atomic mass is 10.0. The van der Waals surface area contributed by atoms with E-state index in [-0.39, 0.29) is 11.9 Å². The predicted molar refractivity (Wildman–Crippen MR) is 137 cm³/mol. The van der Waals surface area contributed by atoms with Crippen molar-refractivity contribution < 1.29 is 4.79 Å². The molecule has 0 bridgehead atoms. The van der Waals surface area contributed by atoms with Gasteiger partial charge in [-0.3, -0.25) is 9.78 Å². The molecule has 2 aromatic rings. The molecule has 0 aromatic carbocycles. The van der Waals surface area contributed by atoms with Crippen LogP contribution in [0.25, 0.3) is 10.9 Å². The predicted octanol–water partition coefficient (Wildman–Crippen LogP) is 3.69. The fourth-order valence-electron chi connectivity index (χ4n) is 5.72. The molecule has 3 aliphatic rings. The van der Waals surface area contributed by atoms with Crippen molar-refractivity contribution in [2.75, 3.05) is 57.3 Å². The van der Waals surface area contributed by atoms with Crippen molar-refractivity contribution in [2.45, 2.75) is 63.8 Å². The van der Waals surface area contributed by atoms with Gasteiger partial charge in [0.1, 0.15) is 11.5 Å². The Kier molecular flexibility index (Phi) is 7.91. The van der Waals surface area contributed by atoms with E-state index in [0.717, 1.165) is 62.3 Å². The number of carbonyl (C=O) groups excluding carboxylic acids is 1. The molecule has 5 heterocycles. The van der Waals surface area contributed by atoms with Gasteiger partial charge in [-0.2, -0.15) is 0 Å². The highest BCUT2D eigenvalue weighted by Crippen LogP contribution is 2.23. The molecule has 2 aromatic heterocycles. The second-order valence-corrected chi connectivity index (χ2v) is 10.3. The Hall–Kier alpha value is -2.25. The highest BCUT2D eigenvalue weighted by Gasteiger charge is 2.23. The first-order chi connectivity index (χ1) is 16.8. The first-order valence-electron chi connectivity index (χ1n) is 13.5. The van der Waals surface area contributed by atoms with Crippen molar-refractivity contribution in [1.29, 1.82) is 0 Å². The van der Waals surface area contributed by atoms with Crippen LogP contribution in [0.3, 0.4) is 0 Å². The van der Waals surface area contributed by atoms with E-state index in [4.69, 9.17) is 4.98 Å².